The number of carbonyl (C=O) groups is 1. The second-order valence-corrected chi connectivity index (χ2v) is 10.4. The molecule has 1 amide bonds. The minimum absolute atomic E-state index is 0.201. The third kappa shape index (κ3) is 5.64. The van der Waals surface area contributed by atoms with E-state index in [1.807, 2.05) is 60.7 Å². The molecule has 0 aromatic heterocycles. The van der Waals surface area contributed by atoms with Crippen molar-refractivity contribution in [3.63, 3.8) is 0 Å². The Morgan fingerprint density at radius 1 is 0.788 bits per heavy atom. The van der Waals surface area contributed by atoms with Crippen molar-refractivity contribution in [2.24, 2.45) is 0 Å². The molecule has 4 heteroatoms. The first-order chi connectivity index (χ1) is 15.4. The quantitative estimate of drug-likeness (QED) is 0.359. The van der Waals surface area contributed by atoms with Crippen molar-refractivity contribution >= 4 is 23.9 Å². The van der Waals surface area contributed by atoms with Crippen molar-refractivity contribution in [2.45, 2.75) is 52.4 Å². The molecule has 0 atom stereocenters. The van der Waals surface area contributed by atoms with Crippen LogP contribution in [0.2, 0.25) is 0 Å². The van der Waals surface area contributed by atoms with Crippen LogP contribution in [-0.4, -0.2) is 16.3 Å². The number of phenols is 1. The lowest BCUT2D eigenvalue weighted by atomic mass is 9.78. The maximum Gasteiger partial charge on any atom is 0.409 e. The van der Waals surface area contributed by atoms with Crippen LogP contribution in [0.1, 0.15) is 63.8 Å². The van der Waals surface area contributed by atoms with Crippen LogP contribution in [0.3, 0.4) is 0 Å². The molecule has 33 heavy (non-hydrogen) atoms. The number of hydrogen-bond donors (Lipinski definition) is 3. The second kappa shape index (κ2) is 9.14. The molecule has 0 saturated heterocycles. The van der Waals surface area contributed by atoms with Crippen LogP contribution >= 0.6 is 0 Å². The van der Waals surface area contributed by atoms with E-state index in [-0.39, 0.29) is 10.8 Å². The molecule has 3 N–H and O–H groups in total. The lowest BCUT2D eigenvalue weighted by Gasteiger charge is -2.27. The van der Waals surface area contributed by atoms with Gasteiger partial charge in [0.2, 0.25) is 0 Å². The third-order valence-corrected chi connectivity index (χ3v) is 5.62. The van der Waals surface area contributed by atoms with Gasteiger partial charge in [-0.05, 0) is 45.7 Å². The number of phenolic OH excluding ortho intramolecular Hbond substituents is 1. The third-order valence-electron chi connectivity index (χ3n) is 5.62. The molecule has 172 valence electrons. The molecule has 0 radical (unpaired) electrons. The first-order valence-corrected chi connectivity index (χ1v) is 11.1. The zero-order chi connectivity index (χ0) is 24.4. The van der Waals surface area contributed by atoms with E-state index in [2.05, 4.69) is 52.9 Å². The van der Waals surface area contributed by atoms with Crippen molar-refractivity contribution in [1.29, 1.82) is 0 Å². The average Bonchev–Trinajstić information content (AvgIpc) is 2.71. The number of anilines is 1. The Hall–Kier alpha value is -3.53. The predicted octanol–water partition coefficient (Wildman–Crippen LogP) is 7.91. The number of nitrogens with one attached hydrogen (secondary N) is 1. The van der Waals surface area contributed by atoms with Gasteiger partial charge in [0.05, 0.1) is 5.69 Å². The van der Waals surface area contributed by atoms with Gasteiger partial charge in [-0.1, -0.05) is 96.2 Å². The van der Waals surface area contributed by atoms with Crippen LogP contribution in [0.5, 0.6) is 5.75 Å². The average molecular weight is 444 g/mol. The van der Waals surface area contributed by atoms with Crippen molar-refractivity contribution in [1.82, 2.24) is 0 Å². The summed E-state index contributed by atoms with van der Waals surface area (Å²) in [7, 11) is 0. The van der Waals surface area contributed by atoms with E-state index in [1.165, 1.54) is 0 Å². The van der Waals surface area contributed by atoms with Crippen LogP contribution in [0.15, 0.2) is 60.7 Å². The molecule has 0 aliphatic rings. The number of rotatable bonds is 4. The van der Waals surface area contributed by atoms with Gasteiger partial charge in [0.15, 0.2) is 0 Å². The molecule has 0 bridgehead atoms. The number of aromatic hydroxyl groups is 1. The lowest BCUT2D eigenvalue weighted by molar-refractivity contribution is 0.210. The van der Waals surface area contributed by atoms with Crippen LogP contribution < -0.4 is 5.32 Å². The second-order valence-electron chi connectivity index (χ2n) is 10.4. The van der Waals surface area contributed by atoms with Crippen LogP contribution in [0.4, 0.5) is 10.5 Å². The van der Waals surface area contributed by atoms with E-state index in [4.69, 9.17) is 0 Å². The zero-order valence-corrected chi connectivity index (χ0v) is 20.2. The molecule has 3 aromatic carbocycles. The van der Waals surface area contributed by atoms with Gasteiger partial charge < -0.3 is 10.2 Å². The maximum absolute atomic E-state index is 11.3. The highest BCUT2D eigenvalue weighted by molar-refractivity contribution is 5.93. The summed E-state index contributed by atoms with van der Waals surface area (Å²) in [6.07, 6.45) is 3.00. The highest BCUT2D eigenvalue weighted by Crippen LogP contribution is 2.40. The van der Waals surface area contributed by atoms with Crippen molar-refractivity contribution in [3.05, 3.63) is 82.9 Å². The monoisotopic (exact) mass is 443 g/mol. The van der Waals surface area contributed by atoms with Crippen molar-refractivity contribution in [2.75, 3.05) is 5.32 Å². The molecule has 0 aliphatic carbocycles. The fourth-order valence-corrected chi connectivity index (χ4v) is 3.91. The molecular weight excluding hydrogens is 410 g/mol. The molecule has 0 spiro atoms. The summed E-state index contributed by atoms with van der Waals surface area (Å²) in [6.45, 7) is 12.6. The van der Waals surface area contributed by atoms with Gasteiger partial charge in [-0.2, -0.15) is 0 Å². The topological polar surface area (TPSA) is 69.6 Å². The fourth-order valence-electron chi connectivity index (χ4n) is 3.91. The van der Waals surface area contributed by atoms with Crippen LogP contribution in [-0.2, 0) is 10.8 Å². The smallest absolute Gasteiger partial charge is 0.409 e. The maximum atomic E-state index is 11.3. The van der Waals surface area contributed by atoms with Gasteiger partial charge in [-0.15, -0.1) is 0 Å². The van der Waals surface area contributed by atoms with E-state index < -0.39 is 6.09 Å². The molecule has 3 rings (SSSR count). The summed E-state index contributed by atoms with van der Waals surface area (Å²) in [6, 6.07) is 19.4. The molecule has 0 aliphatic heterocycles. The molecule has 0 heterocycles. The van der Waals surface area contributed by atoms with Crippen LogP contribution in [0, 0.1) is 0 Å². The first-order valence-electron chi connectivity index (χ1n) is 11.1. The predicted molar refractivity (Wildman–Crippen MR) is 138 cm³/mol. The highest BCUT2D eigenvalue weighted by Gasteiger charge is 2.26. The molecule has 4 nitrogen and oxygen atoms in total. The van der Waals surface area contributed by atoms with Gasteiger partial charge >= 0.3 is 6.09 Å². The lowest BCUT2D eigenvalue weighted by Crippen LogP contribution is -2.17. The fraction of sp³-hybridized carbons (Fsp3) is 0.276. The number of amides is 1. The number of carboxylic acid groups (broad SMARTS) is 1. The number of para-hydroxylation sites is 1. The van der Waals surface area contributed by atoms with E-state index in [0.29, 0.717) is 11.4 Å². The SMILES string of the molecule is CC(C)(C)c1cc(C=Cc2ccccc2-c2ccccc2NC(=O)O)cc(C(C)(C)C)c1O. The molecule has 0 unspecified atom stereocenters. The first kappa shape index (κ1) is 24.1. The largest absolute Gasteiger partial charge is 0.507 e. The zero-order valence-electron chi connectivity index (χ0n) is 20.2. The van der Waals surface area contributed by atoms with Gasteiger partial charge in [-0.25, -0.2) is 4.79 Å². The summed E-state index contributed by atoms with van der Waals surface area (Å²) < 4.78 is 0. The Kier molecular flexibility index (Phi) is 6.68. The van der Waals surface area contributed by atoms with Gasteiger partial charge in [-0.3, -0.25) is 5.32 Å². The molecule has 3 aromatic rings. The summed E-state index contributed by atoms with van der Waals surface area (Å²) in [5, 5.41) is 22.7. The van der Waals surface area contributed by atoms with Gasteiger partial charge in [0.25, 0.3) is 0 Å². The minimum Gasteiger partial charge on any atom is -0.507 e. The van der Waals surface area contributed by atoms with E-state index >= 15 is 0 Å². The standard InChI is InChI=1S/C29H33NO3/c1-28(2,3)23-17-19(18-24(26(23)31)29(4,5)6)15-16-20-11-7-8-12-21(20)22-13-9-10-14-25(22)30-27(32)33/h7-18,30-31H,1-6H3,(H,32,33). The summed E-state index contributed by atoms with van der Waals surface area (Å²) >= 11 is 0. The number of hydrogen-bond acceptors (Lipinski definition) is 2. The summed E-state index contributed by atoms with van der Waals surface area (Å²) in [4.78, 5) is 11.3. The van der Waals surface area contributed by atoms with Crippen molar-refractivity contribution < 1.29 is 15.0 Å². The summed E-state index contributed by atoms with van der Waals surface area (Å²) in [5.41, 5.74) is 5.70. The normalized spacial score (nSPS) is 12.2. The summed E-state index contributed by atoms with van der Waals surface area (Å²) in [5.74, 6) is 0.362. The Labute approximate surface area is 196 Å². The molecule has 0 fully saturated rings. The van der Waals surface area contributed by atoms with E-state index in [9.17, 15) is 15.0 Å². The van der Waals surface area contributed by atoms with Gasteiger partial charge in [0.1, 0.15) is 5.75 Å². The van der Waals surface area contributed by atoms with Crippen molar-refractivity contribution in [3.8, 4) is 16.9 Å². The van der Waals surface area contributed by atoms with Gasteiger partial charge in [0, 0.05) is 16.7 Å². The molecule has 0 saturated carbocycles. The van der Waals surface area contributed by atoms with E-state index in [1.54, 1.807) is 6.07 Å². The Morgan fingerprint density at radius 2 is 1.30 bits per heavy atom. The highest BCUT2D eigenvalue weighted by atomic mass is 16.4. The van der Waals surface area contributed by atoms with Crippen LogP contribution in [0.25, 0.3) is 23.3 Å². The Morgan fingerprint density at radius 3 is 1.85 bits per heavy atom. The minimum atomic E-state index is -1.09. The number of benzene rings is 3. The van der Waals surface area contributed by atoms with E-state index in [0.717, 1.165) is 33.4 Å². The Bertz CT molecular complexity index is 1160. The Balaban J connectivity index is 2.11. The molecular formula is C29H33NO3.